The summed E-state index contributed by atoms with van der Waals surface area (Å²) in [5.41, 5.74) is 6.76. The topological polar surface area (TPSA) is 84.7 Å². The highest BCUT2D eigenvalue weighted by atomic mass is 32.2. The van der Waals surface area contributed by atoms with Crippen molar-refractivity contribution in [1.82, 2.24) is 10.2 Å². The molecule has 1 heterocycles. The second kappa shape index (κ2) is 12.2. The predicted octanol–water partition coefficient (Wildman–Crippen LogP) is 4.37. The van der Waals surface area contributed by atoms with Crippen molar-refractivity contribution in [1.29, 1.82) is 0 Å². The molecule has 194 valence electrons. The zero-order chi connectivity index (χ0) is 26.4. The monoisotopic (exact) mass is 529 g/mol. The molecular weight excluding hydrogens is 503 g/mol. The Bertz CT molecular complexity index is 1240. The number of rotatable bonds is 9. The van der Waals surface area contributed by atoms with Gasteiger partial charge in [-0.05, 0) is 47.9 Å². The fraction of sp³-hybridized carbons (Fsp3) is 0.259. The molecule has 1 fully saturated rings. The van der Waals surface area contributed by atoms with E-state index in [0.29, 0.717) is 24.1 Å². The van der Waals surface area contributed by atoms with Crippen LogP contribution in [-0.2, 0) is 22.6 Å². The number of hydrogen-bond acceptors (Lipinski definition) is 5. The van der Waals surface area contributed by atoms with Gasteiger partial charge in [-0.3, -0.25) is 9.59 Å². The second-order valence-electron chi connectivity index (χ2n) is 8.61. The zero-order valence-corrected chi connectivity index (χ0v) is 20.6. The molecular formula is C27H26F3N3O3S. The molecule has 10 heteroatoms. The molecule has 2 amide bonds. The van der Waals surface area contributed by atoms with Crippen molar-refractivity contribution in [3.8, 4) is 11.5 Å². The standard InChI is InChI=1S/C27H26F3N3O3S/c28-22-15-24(30)23(29)13-18(22)12-19(31)14-25(34)33-10-11-37-27(33)26(35)32-16-17-6-8-21(9-7-17)36-20-4-2-1-3-5-20/h1-9,13,15,19,27H,10-12,14,16,31H2,(H,32,35)/t19-,27?/m1/s1. The Balaban J connectivity index is 1.28. The van der Waals surface area contributed by atoms with Crippen molar-refractivity contribution < 1.29 is 27.5 Å². The van der Waals surface area contributed by atoms with Gasteiger partial charge < -0.3 is 20.7 Å². The first kappa shape index (κ1) is 26.6. The molecule has 3 aromatic carbocycles. The molecule has 0 aliphatic carbocycles. The lowest BCUT2D eigenvalue weighted by Gasteiger charge is -2.24. The highest BCUT2D eigenvalue weighted by Crippen LogP contribution is 2.26. The van der Waals surface area contributed by atoms with E-state index in [2.05, 4.69) is 5.32 Å². The van der Waals surface area contributed by atoms with Gasteiger partial charge in [-0.1, -0.05) is 30.3 Å². The Morgan fingerprint density at radius 1 is 1.00 bits per heavy atom. The van der Waals surface area contributed by atoms with Crippen LogP contribution in [0.3, 0.4) is 0 Å². The number of benzene rings is 3. The average Bonchev–Trinajstić information content (AvgIpc) is 3.38. The Labute approximate surface area is 217 Å². The molecule has 3 aromatic rings. The van der Waals surface area contributed by atoms with Gasteiger partial charge in [-0.25, -0.2) is 13.2 Å². The SMILES string of the molecule is N[C@@H](CC(=O)N1CCSC1C(=O)NCc1ccc(Oc2ccccc2)cc1)Cc1cc(F)c(F)cc1F. The lowest BCUT2D eigenvalue weighted by atomic mass is 10.0. The van der Waals surface area contributed by atoms with Crippen molar-refractivity contribution in [3.05, 3.63) is 95.3 Å². The minimum atomic E-state index is -1.29. The predicted molar refractivity (Wildman–Crippen MR) is 135 cm³/mol. The van der Waals surface area contributed by atoms with Gasteiger partial charge in [0.15, 0.2) is 17.0 Å². The third kappa shape index (κ3) is 7.05. The summed E-state index contributed by atoms with van der Waals surface area (Å²) >= 11 is 1.34. The van der Waals surface area contributed by atoms with E-state index in [0.717, 1.165) is 17.4 Å². The number of carbonyl (C=O) groups is 2. The van der Waals surface area contributed by atoms with E-state index in [1.54, 1.807) is 0 Å². The average molecular weight is 530 g/mol. The Morgan fingerprint density at radius 3 is 2.41 bits per heavy atom. The smallest absolute Gasteiger partial charge is 0.253 e. The van der Waals surface area contributed by atoms with E-state index in [1.165, 1.54) is 16.7 Å². The fourth-order valence-electron chi connectivity index (χ4n) is 3.94. The van der Waals surface area contributed by atoms with E-state index >= 15 is 0 Å². The van der Waals surface area contributed by atoms with Crippen molar-refractivity contribution in [3.63, 3.8) is 0 Å². The largest absolute Gasteiger partial charge is 0.457 e. The maximum atomic E-state index is 13.9. The van der Waals surface area contributed by atoms with E-state index < -0.39 is 28.9 Å². The molecule has 0 radical (unpaired) electrons. The lowest BCUT2D eigenvalue weighted by Crippen LogP contribution is -2.46. The molecule has 3 N–H and O–H groups in total. The second-order valence-corrected chi connectivity index (χ2v) is 9.80. The first-order valence-corrected chi connectivity index (χ1v) is 12.7. The first-order valence-electron chi connectivity index (χ1n) is 11.7. The number of hydrogen-bond donors (Lipinski definition) is 2. The maximum Gasteiger partial charge on any atom is 0.253 e. The number of nitrogens with one attached hydrogen (secondary N) is 1. The molecule has 2 atom stereocenters. The third-order valence-corrected chi connectivity index (χ3v) is 7.02. The van der Waals surface area contributed by atoms with Crippen molar-refractivity contribution in [2.75, 3.05) is 12.3 Å². The molecule has 4 rings (SSSR count). The molecule has 0 spiro atoms. The van der Waals surface area contributed by atoms with Crippen molar-refractivity contribution >= 4 is 23.6 Å². The number of ether oxygens (including phenoxy) is 1. The van der Waals surface area contributed by atoms with Gasteiger partial charge in [0.25, 0.3) is 5.91 Å². The summed E-state index contributed by atoms with van der Waals surface area (Å²) in [5, 5.41) is 2.15. The number of para-hydroxylation sites is 1. The van der Waals surface area contributed by atoms with Gasteiger partial charge in [0.1, 0.15) is 17.3 Å². The summed E-state index contributed by atoms with van der Waals surface area (Å²) in [6.45, 7) is 0.651. The van der Waals surface area contributed by atoms with Crippen LogP contribution in [0.25, 0.3) is 0 Å². The van der Waals surface area contributed by atoms with Gasteiger partial charge in [-0.15, -0.1) is 11.8 Å². The number of carbonyl (C=O) groups excluding carboxylic acids is 2. The van der Waals surface area contributed by atoms with Gasteiger partial charge in [-0.2, -0.15) is 0 Å². The summed E-state index contributed by atoms with van der Waals surface area (Å²) < 4.78 is 46.3. The van der Waals surface area contributed by atoms with Crippen LogP contribution >= 0.6 is 11.8 Å². The van der Waals surface area contributed by atoms with Crippen LogP contribution in [0.4, 0.5) is 13.2 Å². The molecule has 0 aromatic heterocycles. The van der Waals surface area contributed by atoms with Gasteiger partial charge in [0.2, 0.25) is 5.91 Å². The summed E-state index contributed by atoms with van der Waals surface area (Å²) in [6, 6.07) is 17.1. The molecule has 37 heavy (non-hydrogen) atoms. The number of nitrogens with two attached hydrogens (primary N) is 1. The highest BCUT2D eigenvalue weighted by Gasteiger charge is 2.35. The molecule has 1 saturated heterocycles. The summed E-state index contributed by atoms with van der Waals surface area (Å²) in [7, 11) is 0. The summed E-state index contributed by atoms with van der Waals surface area (Å²) in [4.78, 5) is 27.1. The van der Waals surface area contributed by atoms with Gasteiger partial charge in [0.05, 0.1) is 0 Å². The van der Waals surface area contributed by atoms with Crippen molar-refractivity contribution in [2.24, 2.45) is 5.73 Å². The first-order chi connectivity index (χ1) is 17.8. The molecule has 1 unspecified atom stereocenters. The van der Waals surface area contributed by atoms with Crippen LogP contribution in [0.1, 0.15) is 17.5 Å². The number of nitrogens with zero attached hydrogens (tertiary/aromatic N) is 1. The minimum absolute atomic E-state index is 0.107. The molecule has 6 nitrogen and oxygen atoms in total. The number of amides is 2. The molecule has 0 bridgehead atoms. The summed E-state index contributed by atoms with van der Waals surface area (Å²) in [5.74, 6) is -2.07. The van der Waals surface area contributed by atoms with Gasteiger partial charge in [0, 0.05) is 37.4 Å². The highest BCUT2D eigenvalue weighted by molar-refractivity contribution is 8.00. The number of thioether (sulfide) groups is 1. The van der Waals surface area contributed by atoms with E-state index in [1.807, 2.05) is 54.6 Å². The third-order valence-electron chi connectivity index (χ3n) is 5.81. The normalized spacial score (nSPS) is 15.9. The minimum Gasteiger partial charge on any atom is -0.457 e. The quantitative estimate of drug-likeness (QED) is 0.402. The van der Waals surface area contributed by atoms with E-state index in [4.69, 9.17) is 10.5 Å². The Morgan fingerprint density at radius 2 is 1.68 bits per heavy atom. The molecule has 1 aliphatic heterocycles. The van der Waals surface area contributed by atoms with Crippen LogP contribution in [0.5, 0.6) is 11.5 Å². The Kier molecular flexibility index (Phi) is 8.73. The molecule has 1 aliphatic rings. The Hall–Kier alpha value is -3.50. The van der Waals surface area contributed by atoms with E-state index in [-0.39, 0.29) is 36.8 Å². The maximum absolute atomic E-state index is 13.9. The van der Waals surface area contributed by atoms with Crippen LogP contribution in [-0.4, -0.2) is 40.4 Å². The van der Waals surface area contributed by atoms with Gasteiger partial charge >= 0.3 is 0 Å². The van der Waals surface area contributed by atoms with Crippen molar-refractivity contribution in [2.45, 2.75) is 30.8 Å². The molecule has 0 saturated carbocycles. The van der Waals surface area contributed by atoms with Crippen LogP contribution in [0, 0.1) is 17.5 Å². The lowest BCUT2D eigenvalue weighted by molar-refractivity contribution is -0.136. The van der Waals surface area contributed by atoms with Crippen LogP contribution in [0.15, 0.2) is 66.7 Å². The van der Waals surface area contributed by atoms with Crippen LogP contribution < -0.4 is 15.8 Å². The van der Waals surface area contributed by atoms with Crippen LogP contribution in [0.2, 0.25) is 0 Å². The summed E-state index contributed by atoms with van der Waals surface area (Å²) in [6.07, 6.45) is -0.303. The zero-order valence-electron chi connectivity index (χ0n) is 19.8. The fourth-order valence-corrected chi connectivity index (χ4v) is 5.10. The van der Waals surface area contributed by atoms with E-state index in [9.17, 15) is 22.8 Å². The number of halogens is 3.